The molecule has 0 spiro atoms. The van der Waals surface area contributed by atoms with Gasteiger partial charge in [0.25, 0.3) is 0 Å². The Hall–Kier alpha value is -0.0800. The molecule has 0 amide bonds. The largest absolute Gasteiger partial charge is 0.317 e. The van der Waals surface area contributed by atoms with Crippen molar-refractivity contribution in [1.29, 1.82) is 0 Å². The molecule has 2 nitrogen and oxygen atoms in total. The van der Waals surface area contributed by atoms with Gasteiger partial charge in [0.2, 0.25) is 0 Å². The monoisotopic (exact) mass is 210 g/mol. The molecule has 3 unspecified atom stereocenters. The van der Waals surface area contributed by atoms with Gasteiger partial charge in [-0.1, -0.05) is 12.8 Å². The van der Waals surface area contributed by atoms with Crippen molar-refractivity contribution in [1.82, 2.24) is 10.2 Å². The van der Waals surface area contributed by atoms with Crippen molar-refractivity contribution in [2.24, 2.45) is 5.92 Å². The first-order valence-electron chi connectivity index (χ1n) is 6.72. The molecule has 1 aliphatic heterocycles. The topological polar surface area (TPSA) is 15.3 Å². The van der Waals surface area contributed by atoms with E-state index >= 15 is 0 Å². The van der Waals surface area contributed by atoms with Crippen LogP contribution in [0.3, 0.4) is 0 Å². The van der Waals surface area contributed by atoms with E-state index in [1.807, 2.05) is 0 Å². The molecule has 3 atom stereocenters. The van der Waals surface area contributed by atoms with Gasteiger partial charge >= 0.3 is 0 Å². The van der Waals surface area contributed by atoms with Crippen LogP contribution in [-0.4, -0.2) is 37.1 Å². The van der Waals surface area contributed by atoms with Gasteiger partial charge in [-0.25, -0.2) is 0 Å². The molecule has 0 bridgehead atoms. The number of hydrogen-bond acceptors (Lipinski definition) is 2. The molecule has 2 rings (SSSR count). The average Bonchev–Trinajstić information content (AvgIpc) is 2.65. The molecule has 88 valence electrons. The van der Waals surface area contributed by atoms with E-state index in [1.54, 1.807) is 0 Å². The predicted octanol–water partition coefficient (Wildman–Crippen LogP) is 2.25. The summed E-state index contributed by atoms with van der Waals surface area (Å²) in [7, 11) is 2.14. The van der Waals surface area contributed by atoms with E-state index in [-0.39, 0.29) is 0 Å². The van der Waals surface area contributed by atoms with Gasteiger partial charge in [-0.2, -0.15) is 0 Å². The minimum Gasteiger partial charge on any atom is -0.317 e. The molecule has 0 radical (unpaired) electrons. The molecule has 2 fully saturated rings. The lowest BCUT2D eigenvalue weighted by atomic mass is 9.84. The smallest absolute Gasteiger partial charge is 0.0104 e. The summed E-state index contributed by atoms with van der Waals surface area (Å²) in [6, 6.07) is 1.62. The van der Waals surface area contributed by atoms with Gasteiger partial charge in [0.15, 0.2) is 0 Å². The van der Waals surface area contributed by atoms with Crippen molar-refractivity contribution in [3.8, 4) is 0 Å². The van der Waals surface area contributed by atoms with Gasteiger partial charge in [-0.05, 0) is 52.1 Å². The van der Waals surface area contributed by atoms with E-state index in [0.29, 0.717) is 0 Å². The molecule has 0 aromatic rings. The molecule has 2 aliphatic rings. The van der Waals surface area contributed by atoms with Crippen molar-refractivity contribution < 1.29 is 0 Å². The quantitative estimate of drug-likeness (QED) is 0.768. The number of rotatable bonds is 3. The van der Waals surface area contributed by atoms with E-state index in [0.717, 1.165) is 18.0 Å². The summed E-state index contributed by atoms with van der Waals surface area (Å²) in [6.45, 7) is 5.07. The first-order chi connectivity index (χ1) is 7.31. The lowest BCUT2D eigenvalue weighted by Gasteiger charge is -2.35. The normalized spacial score (nSPS) is 38.4. The zero-order chi connectivity index (χ0) is 10.7. The Labute approximate surface area is 94.4 Å². The SMILES string of the molecule is CNC1CCCCC1CN1CCCC1C. The average molecular weight is 210 g/mol. The molecule has 1 saturated heterocycles. The van der Waals surface area contributed by atoms with E-state index < -0.39 is 0 Å². The van der Waals surface area contributed by atoms with Gasteiger partial charge in [-0.15, -0.1) is 0 Å². The van der Waals surface area contributed by atoms with Gasteiger partial charge in [-0.3, -0.25) is 0 Å². The van der Waals surface area contributed by atoms with Gasteiger partial charge in [0.1, 0.15) is 0 Å². The van der Waals surface area contributed by atoms with E-state index in [1.165, 1.54) is 51.6 Å². The van der Waals surface area contributed by atoms with E-state index in [4.69, 9.17) is 0 Å². The minimum absolute atomic E-state index is 0.784. The highest BCUT2D eigenvalue weighted by Gasteiger charge is 2.28. The third-order valence-electron chi connectivity index (χ3n) is 4.44. The fourth-order valence-corrected chi connectivity index (χ4v) is 3.37. The zero-order valence-corrected chi connectivity index (χ0v) is 10.3. The molecule has 15 heavy (non-hydrogen) atoms. The summed E-state index contributed by atoms with van der Waals surface area (Å²) >= 11 is 0. The summed E-state index contributed by atoms with van der Waals surface area (Å²) in [5.41, 5.74) is 0. The molecule has 0 aromatic heterocycles. The molecular formula is C13H26N2. The standard InChI is InChI=1S/C13H26N2/c1-11-6-5-9-15(11)10-12-7-3-4-8-13(12)14-2/h11-14H,3-10H2,1-2H3. The van der Waals surface area contributed by atoms with Gasteiger partial charge in [0, 0.05) is 18.6 Å². The lowest BCUT2D eigenvalue weighted by molar-refractivity contribution is 0.167. The van der Waals surface area contributed by atoms with Crippen molar-refractivity contribution >= 4 is 0 Å². The number of nitrogens with zero attached hydrogens (tertiary/aromatic N) is 1. The highest BCUT2D eigenvalue weighted by Crippen LogP contribution is 2.27. The van der Waals surface area contributed by atoms with Crippen molar-refractivity contribution in [3.05, 3.63) is 0 Å². The first kappa shape index (κ1) is 11.4. The maximum Gasteiger partial charge on any atom is 0.0104 e. The van der Waals surface area contributed by atoms with Crippen LogP contribution in [0.4, 0.5) is 0 Å². The summed E-state index contributed by atoms with van der Waals surface area (Å²) in [4.78, 5) is 2.71. The molecule has 0 aromatic carbocycles. The molecule has 1 heterocycles. The number of hydrogen-bond donors (Lipinski definition) is 1. The third-order valence-corrected chi connectivity index (χ3v) is 4.44. The maximum absolute atomic E-state index is 3.52. The van der Waals surface area contributed by atoms with Crippen LogP contribution in [0, 0.1) is 5.92 Å². The second-order valence-corrected chi connectivity index (χ2v) is 5.43. The third kappa shape index (κ3) is 2.73. The Morgan fingerprint density at radius 2 is 1.93 bits per heavy atom. The Morgan fingerprint density at radius 1 is 1.13 bits per heavy atom. The van der Waals surface area contributed by atoms with Crippen LogP contribution in [-0.2, 0) is 0 Å². The molecule has 1 aliphatic carbocycles. The Bertz CT molecular complexity index is 193. The number of likely N-dealkylation sites (tertiary alicyclic amines) is 1. The summed E-state index contributed by atoms with van der Waals surface area (Å²) in [6.07, 6.45) is 8.54. The fraction of sp³-hybridized carbons (Fsp3) is 1.00. The Balaban J connectivity index is 1.85. The van der Waals surface area contributed by atoms with Gasteiger partial charge in [0.05, 0.1) is 0 Å². The molecule has 1 N–H and O–H groups in total. The Kier molecular flexibility index (Phi) is 4.04. The van der Waals surface area contributed by atoms with Crippen LogP contribution < -0.4 is 5.32 Å². The highest BCUT2D eigenvalue weighted by atomic mass is 15.2. The summed E-state index contributed by atoms with van der Waals surface area (Å²) in [5, 5.41) is 3.52. The highest BCUT2D eigenvalue weighted by molar-refractivity contribution is 4.85. The van der Waals surface area contributed by atoms with Crippen LogP contribution in [0.2, 0.25) is 0 Å². The molecular weight excluding hydrogens is 184 g/mol. The predicted molar refractivity (Wildman–Crippen MR) is 65.1 cm³/mol. The van der Waals surface area contributed by atoms with E-state index in [2.05, 4.69) is 24.2 Å². The van der Waals surface area contributed by atoms with Crippen molar-refractivity contribution in [2.75, 3.05) is 20.1 Å². The van der Waals surface area contributed by atoms with Crippen LogP contribution in [0.25, 0.3) is 0 Å². The lowest BCUT2D eigenvalue weighted by Crippen LogP contribution is -2.43. The van der Waals surface area contributed by atoms with Crippen molar-refractivity contribution in [3.63, 3.8) is 0 Å². The summed E-state index contributed by atoms with van der Waals surface area (Å²) < 4.78 is 0. The minimum atomic E-state index is 0.784. The first-order valence-corrected chi connectivity index (χ1v) is 6.72. The summed E-state index contributed by atoms with van der Waals surface area (Å²) in [5.74, 6) is 0.907. The zero-order valence-electron chi connectivity index (χ0n) is 10.3. The van der Waals surface area contributed by atoms with Crippen LogP contribution >= 0.6 is 0 Å². The van der Waals surface area contributed by atoms with Crippen LogP contribution in [0.1, 0.15) is 45.4 Å². The molecule has 2 heteroatoms. The van der Waals surface area contributed by atoms with Crippen LogP contribution in [0.15, 0.2) is 0 Å². The van der Waals surface area contributed by atoms with Gasteiger partial charge < -0.3 is 10.2 Å². The van der Waals surface area contributed by atoms with E-state index in [9.17, 15) is 0 Å². The maximum atomic E-state index is 3.52. The number of nitrogens with one attached hydrogen (secondary N) is 1. The Morgan fingerprint density at radius 3 is 2.60 bits per heavy atom. The second kappa shape index (κ2) is 5.31. The van der Waals surface area contributed by atoms with Crippen LogP contribution in [0.5, 0.6) is 0 Å². The van der Waals surface area contributed by atoms with Crippen molar-refractivity contribution in [2.45, 2.75) is 57.5 Å². The molecule has 1 saturated carbocycles. The fourth-order valence-electron chi connectivity index (χ4n) is 3.37. The second-order valence-electron chi connectivity index (χ2n) is 5.43.